The Hall–Kier alpha value is -1.12. The molecular formula is C16H25Cl2N3O4. The van der Waals surface area contributed by atoms with Crippen LogP contribution in [0.15, 0.2) is 18.2 Å². The van der Waals surface area contributed by atoms with Crippen LogP contribution in [0.4, 0.5) is 5.69 Å². The van der Waals surface area contributed by atoms with Gasteiger partial charge in [-0.3, -0.25) is 15.0 Å². The van der Waals surface area contributed by atoms with E-state index in [-0.39, 0.29) is 42.3 Å². The van der Waals surface area contributed by atoms with Crippen LogP contribution in [0.3, 0.4) is 0 Å². The van der Waals surface area contributed by atoms with E-state index in [2.05, 4.69) is 10.2 Å². The SMILES string of the molecule is Cl.Cl.O=[N+]([O-])c1cc([C@@H](C2CCOCC2)N2CCNCC2)ccc1O. The Labute approximate surface area is 159 Å². The van der Waals surface area contributed by atoms with Crippen LogP contribution in [0.2, 0.25) is 0 Å². The minimum atomic E-state index is -0.516. The van der Waals surface area contributed by atoms with Crippen molar-refractivity contribution in [2.45, 2.75) is 18.9 Å². The molecule has 3 rings (SSSR count). The quantitative estimate of drug-likeness (QED) is 0.603. The molecule has 2 saturated heterocycles. The summed E-state index contributed by atoms with van der Waals surface area (Å²) < 4.78 is 5.48. The highest BCUT2D eigenvalue weighted by molar-refractivity contribution is 5.85. The van der Waals surface area contributed by atoms with Crippen LogP contribution < -0.4 is 5.32 Å². The lowest BCUT2D eigenvalue weighted by Gasteiger charge is -2.41. The van der Waals surface area contributed by atoms with Gasteiger partial charge >= 0.3 is 5.69 Å². The number of halogens is 2. The van der Waals surface area contributed by atoms with E-state index >= 15 is 0 Å². The number of benzene rings is 1. The lowest BCUT2D eigenvalue weighted by Crippen LogP contribution is -2.47. The number of rotatable bonds is 4. The Kier molecular flexibility index (Phi) is 8.88. The number of hydrogen-bond acceptors (Lipinski definition) is 6. The highest BCUT2D eigenvalue weighted by Gasteiger charge is 2.32. The fourth-order valence-electron chi connectivity index (χ4n) is 3.64. The minimum absolute atomic E-state index is 0. The fraction of sp³-hybridized carbons (Fsp3) is 0.625. The highest BCUT2D eigenvalue weighted by atomic mass is 35.5. The molecule has 2 fully saturated rings. The normalized spacial score (nSPS) is 20.2. The first-order chi connectivity index (χ1) is 11.2. The van der Waals surface area contributed by atoms with Crippen molar-refractivity contribution in [2.24, 2.45) is 5.92 Å². The molecule has 0 amide bonds. The Morgan fingerprint density at radius 1 is 1.24 bits per heavy atom. The molecule has 0 aromatic heterocycles. The number of aromatic hydroxyl groups is 1. The molecule has 7 nitrogen and oxygen atoms in total. The third kappa shape index (κ3) is 5.18. The molecule has 2 aliphatic heterocycles. The average Bonchev–Trinajstić information content (AvgIpc) is 2.58. The summed E-state index contributed by atoms with van der Waals surface area (Å²) in [5.41, 5.74) is 0.706. The number of nitrogens with zero attached hydrogens (tertiary/aromatic N) is 2. The Morgan fingerprint density at radius 3 is 2.48 bits per heavy atom. The fourth-order valence-corrected chi connectivity index (χ4v) is 3.64. The monoisotopic (exact) mass is 393 g/mol. The molecule has 2 heterocycles. The van der Waals surface area contributed by atoms with Crippen molar-refractivity contribution in [1.29, 1.82) is 0 Å². The molecule has 1 aromatic carbocycles. The summed E-state index contributed by atoms with van der Waals surface area (Å²) in [6.07, 6.45) is 1.92. The van der Waals surface area contributed by atoms with Gasteiger partial charge < -0.3 is 15.2 Å². The molecule has 25 heavy (non-hydrogen) atoms. The molecule has 1 aromatic rings. The molecule has 0 spiro atoms. The summed E-state index contributed by atoms with van der Waals surface area (Å²) >= 11 is 0. The number of nitrogens with one attached hydrogen (secondary N) is 1. The van der Waals surface area contributed by atoms with Crippen LogP contribution in [-0.4, -0.2) is 54.3 Å². The number of nitro benzene ring substituents is 1. The first kappa shape index (κ1) is 21.9. The maximum Gasteiger partial charge on any atom is 0.311 e. The zero-order valence-electron chi connectivity index (χ0n) is 13.9. The van der Waals surface area contributed by atoms with Gasteiger partial charge in [0, 0.05) is 51.5 Å². The Balaban J connectivity index is 0.00000156. The smallest absolute Gasteiger partial charge is 0.311 e. The maximum atomic E-state index is 11.2. The van der Waals surface area contributed by atoms with E-state index in [0.29, 0.717) is 5.92 Å². The van der Waals surface area contributed by atoms with Crippen LogP contribution in [-0.2, 0) is 4.74 Å². The Morgan fingerprint density at radius 2 is 1.88 bits per heavy atom. The third-order valence-electron chi connectivity index (χ3n) is 4.80. The molecular weight excluding hydrogens is 369 g/mol. The summed E-state index contributed by atoms with van der Waals surface area (Å²) in [5.74, 6) is 0.149. The van der Waals surface area contributed by atoms with Crippen LogP contribution in [0, 0.1) is 16.0 Å². The van der Waals surface area contributed by atoms with Crippen molar-refractivity contribution in [2.75, 3.05) is 39.4 Å². The van der Waals surface area contributed by atoms with Crippen LogP contribution in [0.1, 0.15) is 24.4 Å². The van der Waals surface area contributed by atoms with E-state index in [1.54, 1.807) is 0 Å². The van der Waals surface area contributed by atoms with E-state index in [1.807, 2.05) is 6.07 Å². The number of phenols is 1. The minimum Gasteiger partial charge on any atom is -0.502 e. The van der Waals surface area contributed by atoms with E-state index in [0.717, 1.165) is 57.8 Å². The predicted octanol–water partition coefficient (Wildman–Crippen LogP) is 2.52. The summed E-state index contributed by atoms with van der Waals surface area (Å²) in [4.78, 5) is 13.0. The molecule has 0 unspecified atom stereocenters. The van der Waals surface area contributed by atoms with Gasteiger partial charge in [-0.25, -0.2) is 0 Å². The van der Waals surface area contributed by atoms with Crippen LogP contribution >= 0.6 is 24.8 Å². The molecule has 0 radical (unpaired) electrons. The number of piperazine rings is 1. The summed E-state index contributed by atoms with van der Waals surface area (Å²) in [7, 11) is 0. The van der Waals surface area contributed by atoms with Gasteiger partial charge in [-0.1, -0.05) is 6.07 Å². The van der Waals surface area contributed by atoms with Gasteiger partial charge in [0.2, 0.25) is 0 Å². The Bertz CT molecular complexity index is 546. The largest absolute Gasteiger partial charge is 0.502 e. The second-order valence-corrected chi connectivity index (χ2v) is 6.19. The van der Waals surface area contributed by atoms with Gasteiger partial charge in [0.1, 0.15) is 0 Å². The third-order valence-corrected chi connectivity index (χ3v) is 4.80. The zero-order valence-corrected chi connectivity index (χ0v) is 15.6. The van der Waals surface area contributed by atoms with Gasteiger partial charge in [0.25, 0.3) is 0 Å². The zero-order chi connectivity index (χ0) is 16.2. The van der Waals surface area contributed by atoms with Crippen LogP contribution in [0.25, 0.3) is 0 Å². The molecule has 9 heteroatoms. The number of ether oxygens (including phenoxy) is 1. The van der Waals surface area contributed by atoms with Gasteiger partial charge in [0.15, 0.2) is 5.75 Å². The number of phenolic OH excluding ortho intramolecular Hbond substituents is 1. The van der Waals surface area contributed by atoms with Gasteiger partial charge in [0.05, 0.1) is 4.92 Å². The second kappa shape index (κ2) is 10.1. The van der Waals surface area contributed by atoms with Crippen LogP contribution in [0.5, 0.6) is 5.75 Å². The lowest BCUT2D eigenvalue weighted by atomic mass is 9.85. The van der Waals surface area contributed by atoms with Gasteiger partial charge in [-0.15, -0.1) is 24.8 Å². The molecule has 0 aliphatic carbocycles. The molecule has 0 bridgehead atoms. The van der Waals surface area contributed by atoms with Gasteiger partial charge in [-0.2, -0.15) is 0 Å². The summed E-state index contributed by atoms with van der Waals surface area (Å²) in [6, 6.07) is 4.95. The van der Waals surface area contributed by atoms with E-state index in [1.165, 1.54) is 12.1 Å². The second-order valence-electron chi connectivity index (χ2n) is 6.19. The average molecular weight is 394 g/mol. The first-order valence-corrected chi connectivity index (χ1v) is 8.16. The van der Waals surface area contributed by atoms with Crippen molar-refractivity contribution in [3.05, 3.63) is 33.9 Å². The maximum absolute atomic E-state index is 11.2. The predicted molar refractivity (Wildman–Crippen MR) is 100.0 cm³/mol. The topological polar surface area (TPSA) is 87.9 Å². The molecule has 2 N–H and O–H groups in total. The highest BCUT2D eigenvalue weighted by Crippen LogP contribution is 2.38. The number of nitro groups is 1. The number of hydrogen-bond donors (Lipinski definition) is 2. The molecule has 0 saturated carbocycles. The van der Waals surface area contributed by atoms with Crippen molar-refractivity contribution in [3.8, 4) is 5.75 Å². The van der Waals surface area contributed by atoms with Gasteiger partial charge in [-0.05, 0) is 30.4 Å². The van der Waals surface area contributed by atoms with Crippen molar-refractivity contribution in [1.82, 2.24) is 10.2 Å². The van der Waals surface area contributed by atoms with E-state index in [4.69, 9.17) is 4.74 Å². The van der Waals surface area contributed by atoms with Crippen molar-refractivity contribution < 1.29 is 14.8 Å². The molecule has 1 atom stereocenters. The van der Waals surface area contributed by atoms with Crippen molar-refractivity contribution in [3.63, 3.8) is 0 Å². The molecule has 142 valence electrons. The summed E-state index contributed by atoms with van der Waals surface area (Å²) in [5, 5.41) is 24.2. The molecule has 2 aliphatic rings. The van der Waals surface area contributed by atoms with Crippen molar-refractivity contribution >= 4 is 30.5 Å². The van der Waals surface area contributed by atoms with E-state index in [9.17, 15) is 15.2 Å². The standard InChI is InChI=1S/C16H23N3O4.2ClH/c20-15-2-1-13(11-14(15)19(21)22)16(12-3-9-23-10-4-12)18-7-5-17-6-8-18;;/h1-2,11-12,16-17,20H,3-10H2;2*1H/t16-;;/m1../s1. The summed E-state index contributed by atoms with van der Waals surface area (Å²) in [6.45, 7) is 5.20. The lowest BCUT2D eigenvalue weighted by molar-refractivity contribution is -0.386. The first-order valence-electron chi connectivity index (χ1n) is 8.16. The van der Waals surface area contributed by atoms with E-state index < -0.39 is 4.92 Å².